The van der Waals surface area contributed by atoms with Crippen LogP contribution in [0.2, 0.25) is 0 Å². The molecular weight excluding hydrogens is 464 g/mol. The van der Waals surface area contributed by atoms with Gasteiger partial charge in [0.05, 0.1) is 17.8 Å². The number of benzene rings is 2. The number of nitrogens with one attached hydrogen (secondary N) is 1. The van der Waals surface area contributed by atoms with Crippen LogP contribution < -0.4 is 5.32 Å². The monoisotopic (exact) mass is 488 g/mol. The van der Waals surface area contributed by atoms with E-state index >= 15 is 0 Å². The number of halogens is 1. The van der Waals surface area contributed by atoms with E-state index in [2.05, 4.69) is 52.1 Å². The van der Waals surface area contributed by atoms with Crippen LogP contribution in [0.1, 0.15) is 48.4 Å². The molecule has 0 saturated carbocycles. The molecule has 2 heterocycles. The summed E-state index contributed by atoms with van der Waals surface area (Å²) < 4.78 is 2.85. The van der Waals surface area contributed by atoms with Gasteiger partial charge in [-0.05, 0) is 55.7 Å². The van der Waals surface area contributed by atoms with Gasteiger partial charge in [0.1, 0.15) is 5.69 Å². The quantitative estimate of drug-likeness (QED) is 0.375. The minimum atomic E-state index is -0.312. The Morgan fingerprint density at radius 2 is 1.72 bits per heavy atom. The first-order valence-electron chi connectivity index (χ1n) is 10.4. The molecule has 1 N–H and O–H groups in total. The lowest BCUT2D eigenvalue weighted by atomic mass is 9.98. The SMILES string of the molecule is CC(C)(C)n1cc(-c2ccnc(C(=O)NC(c3ccccc3)c3ccccc3Br)c2)cn1. The van der Waals surface area contributed by atoms with Gasteiger partial charge in [-0.2, -0.15) is 5.10 Å². The standard InChI is InChI=1S/C26H25BrN4O/c1-26(2,3)31-17-20(16-29-31)19-13-14-28-23(15-19)25(32)30-24(18-9-5-4-6-10-18)21-11-7-8-12-22(21)27/h4-17,24H,1-3H3,(H,30,32). The lowest BCUT2D eigenvalue weighted by Crippen LogP contribution is -2.30. The van der Waals surface area contributed by atoms with Gasteiger partial charge < -0.3 is 5.32 Å². The zero-order chi connectivity index (χ0) is 22.7. The normalized spacial score (nSPS) is 12.4. The van der Waals surface area contributed by atoms with Crippen LogP contribution in [0.3, 0.4) is 0 Å². The number of nitrogens with zero attached hydrogens (tertiary/aromatic N) is 3. The van der Waals surface area contributed by atoms with Crippen LogP contribution >= 0.6 is 15.9 Å². The highest BCUT2D eigenvalue weighted by Gasteiger charge is 2.21. The van der Waals surface area contributed by atoms with E-state index in [0.717, 1.165) is 26.7 Å². The number of pyridine rings is 1. The molecule has 1 unspecified atom stereocenters. The minimum Gasteiger partial charge on any atom is -0.340 e. The fourth-order valence-corrected chi connectivity index (χ4v) is 3.99. The summed E-state index contributed by atoms with van der Waals surface area (Å²) in [7, 11) is 0. The first-order chi connectivity index (χ1) is 15.3. The zero-order valence-electron chi connectivity index (χ0n) is 18.3. The Morgan fingerprint density at radius 3 is 2.41 bits per heavy atom. The van der Waals surface area contributed by atoms with E-state index in [1.165, 1.54) is 0 Å². The van der Waals surface area contributed by atoms with Crippen LogP contribution in [0.25, 0.3) is 11.1 Å². The number of carbonyl (C=O) groups is 1. The molecule has 6 heteroatoms. The highest BCUT2D eigenvalue weighted by molar-refractivity contribution is 9.10. The molecule has 4 rings (SSSR count). The van der Waals surface area contributed by atoms with Crippen LogP contribution in [0.5, 0.6) is 0 Å². The molecule has 162 valence electrons. The second-order valence-corrected chi connectivity index (χ2v) is 9.47. The maximum atomic E-state index is 13.3. The fraction of sp³-hybridized carbons (Fsp3) is 0.192. The van der Waals surface area contributed by atoms with E-state index in [0.29, 0.717) is 5.69 Å². The van der Waals surface area contributed by atoms with Crippen molar-refractivity contribution in [3.8, 4) is 11.1 Å². The van der Waals surface area contributed by atoms with Crippen molar-refractivity contribution < 1.29 is 4.79 Å². The number of carbonyl (C=O) groups excluding carboxylic acids is 1. The van der Waals surface area contributed by atoms with Gasteiger partial charge in [-0.3, -0.25) is 14.5 Å². The van der Waals surface area contributed by atoms with Crippen molar-refractivity contribution in [2.24, 2.45) is 0 Å². The number of amides is 1. The highest BCUT2D eigenvalue weighted by atomic mass is 79.9. The summed E-state index contributed by atoms with van der Waals surface area (Å²) in [5.74, 6) is -0.236. The van der Waals surface area contributed by atoms with Crippen molar-refractivity contribution in [1.29, 1.82) is 0 Å². The van der Waals surface area contributed by atoms with Crippen molar-refractivity contribution >= 4 is 21.8 Å². The van der Waals surface area contributed by atoms with Crippen molar-refractivity contribution in [2.75, 3.05) is 0 Å². The Bertz CT molecular complexity index is 1230. The highest BCUT2D eigenvalue weighted by Crippen LogP contribution is 2.29. The van der Waals surface area contributed by atoms with Crippen molar-refractivity contribution in [3.63, 3.8) is 0 Å². The molecule has 0 radical (unpaired) electrons. The van der Waals surface area contributed by atoms with Crippen molar-refractivity contribution in [2.45, 2.75) is 32.4 Å². The third-order valence-corrected chi connectivity index (χ3v) is 5.94. The third kappa shape index (κ3) is 4.81. The molecule has 0 spiro atoms. The van der Waals surface area contributed by atoms with Gasteiger partial charge in [-0.15, -0.1) is 0 Å². The van der Waals surface area contributed by atoms with Crippen LogP contribution in [-0.2, 0) is 5.54 Å². The summed E-state index contributed by atoms with van der Waals surface area (Å²) >= 11 is 3.62. The Hall–Kier alpha value is -3.25. The Kier molecular flexibility index (Phi) is 6.24. The second kappa shape index (κ2) is 9.09. The number of aromatic nitrogens is 3. The molecule has 32 heavy (non-hydrogen) atoms. The van der Waals surface area contributed by atoms with E-state index in [4.69, 9.17) is 0 Å². The Morgan fingerprint density at radius 1 is 1.00 bits per heavy atom. The lowest BCUT2D eigenvalue weighted by Gasteiger charge is -2.21. The van der Waals surface area contributed by atoms with Gasteiger partial charge in [0.25, 0.3) is 5.91 Å². The van der Waals surface area contributed by atoms with Gasteiger partial charge >= 0.3 is 0 Å². The minimum absolute atomic E-state index is 0.114. The van der Waals surface area contributed by atoms with Crippen LogP contribution in [0.4, 0.5) is 0 Å². The molecule has 0 aliphatic rings. The van der Waals surface area contributed by atoms with E-state index in [9.17, 15) is 4.79 Å². The van der Waals surface area contributed by atoms with Crippen LogP contribution in [0, 0.1) is 0 Å². The fourth-order valence-electron chi connectivity index (χ4n) is 3.47. The molecule has 0 aliphatic carbocycles. The summed E-state index contributed by atoms with van der Waals surface area (Å²) in [6, 6.07) is 21.2. The predicted molar refractivity (Wildman–Crippen MR) is 130 cm³/mol. The number of rotatable bonds is 5. The first kappa shape index (κ1) is 22.0. The Labute approximate surface area is 196 Å². The van der Waals surface area contributed by atoms with Gasteiger partial charge in [-0.25, -0.2) is 0 Å². The van der Waals surface area contributed by atoms with Crippen LogP contribution in [-0.4, -0.2) is 20.7 Å². The van der Waals surface area contributed by atoms with E-state index in [1.54, 1.807) is 12.3 Å². The molecular formula is C26H25BrN4O. The first-order valence-corrected chi connectivity index (χ1v) is 11.2. The molecule has 5 nitrogen and oxygen atoms in total. The largest absolute Gasteiger partial charge is 0.340 e. The van der Waals surface area contributed by atoms with Gasteiger partial charge in [0.15, 0.2) is 0 Å². The summed E-state index contributed by atoms with van der Waals surface area (Å²) in [5.41, 5.74) is 4.07. The molecule has 0 aliphatic heterocycles. The second-order valence-electron chi connectivity index (χ2n) is 8.61. The molecule has 2 aromatic carbocycles. The third-order valence-electron chi connectivity index (χ3n) is 5.22. The zero-order valence-corrected chi connectivity index (χ0v) is 19.9. The van der Waals surface area contributed by atoms with E-state index < -0.39 is 0 Å². The summed E-state index contributed by atoms with van der Waals surface area (Å²) in [4.78, 5) is 17.6. The van der Waals surface area contributed by atoms with E-state index in [-0.39, 0.29) is 17.5 Å². The number of hydrogen-bond acceptors (Lipinski definition) is 3. The lowest BCUT2D eigenvalue weighted by molar-refractivity contribution is 0.0938. The number of hydrogen-bond donors (Lipinski definition) is 1. The average Bonchev–Trinajstić information content (AvgIpc) is 3.30. The molecule has 2 aromatic heterocycles. The van der Waals surface area contributed by atoms with Gasteiger partial charge in [0, 0.05) is 22.4 Å². The molecule has 1 amide bonds. The van der Waals surface area contributed by atoms with Crippen molar-refractivity contribution in [1.82, 2.24) is 20.1 Å². The van der Waals surface area contributed by atoms with Crippen LogP contribution in [0.15, 0.2) is 89.8 Å². The summed E-state index contributed by atoms with van der Waals surface area (Å²) in [6.07, 6.45) is 5.47. The molecule has 0 bridgehead atoms. The van der Waals surface area contributed by atoms with Crippen molar-refractivity contribution in [3.05, 3.63) is 107 Å². The molecule has 4 aromatic rings. The summed E-state index contributed by atoms with van der Waals surface area (Å²) in [5, 5.41) is 7.63. The predicted octanol–water partition coefficient (Wildman–Crippen LogP) is 5.98. The molecule has 0 fully saturated rings. The van der Waals surface area contributed by atoms with Gasteiger partial charge in [-0.1, -0.05) is 64.5 Å². The topological polar surface area (TPSA) is 59.8 Å². The molecule has 0 saturated heterocycles. The van der Waals surface area contributed by atoms with E-state index in [1.807, 2.05) is 77.7 Å². The smallest absolute Gasteiger partial charge is 0.270 e. The molecule has 1 atom stereocenters. The summed E-state index contributed by atoms with van der Waals surface area (Å²) in [6.45, 7) is 6.29. The average molecular weight is 489 g/mol. The van der Waals surface area contributed by atoms with Gasteiger partial charge in [0.2, 0.25) is 0 Å². The Balaban J connectivity index is 1.64. The maximum absolute atomic E-state index is 13.3. The maximum Gasteiger partial charge on any atom is 0.270 e.